The Morgan fingerprint density at radius 2 is 1.74 bits per heavy atom. The Hall–Kier alpha value is -2.07. The van der Waals surface area contributed by atoms with Crippen LogP contribution in [0.25, 0.3) is 0 Å². The molecule has 0 saturated heterocycles. The predicted octanol–water partition coefficient (Wildman–Crippen LogP) is 6.18. The van der Waals surface area contributed by atoms with E-state index in [1.807, 2.05) is 45.9 Å². The molecule has 1 aromatic heterocycles. The number of ether oxygens (including phenoxy) is 1. The molecule has 1 amide bonds. The summed E-state index contributed by atoms with van der Waals surface area (Å²) in [7, 11) is 0. The molecule has 1 N–H and O–H groups in total. The van der Waals surface area contributed by atoms with E-state index in [4.69, 9.17) is 16.3 Å². The molecular weight excluding hydrogens is 360 g/mol. The van der Waals surface area contributed by atoms with Crippen LogP contribution in [0.1, 0.15) is 65.5 Å². The van der Waals surface area contributed by atoms with Crippen LogP contribution in [-0.2, 0) is 0 Å². The van der Waals surface area contributed by atoms with Gasteiger partial charge >= 0.3 is 0 Å². The van der Waals surface area contributed by atoms with E-state index in [-0.39, 0.29) is 5.91 Å². The van der Waals surface area contributed by atoms with E-state index in [0.29, 0.717) is 34.3 Å². The highest BCUT2D eigenvalue weighted by Crippen LogP contribution is 2.34. The lowest BCUT2D eigenvalue weighted by atomic mass is 10.1. The monoisotopic (exact) mass is 388 g/mol. The molecule has 0 radical (unpaired) electrons. The van der Waals surface area contributed by atoms with E-state index in [0.717, 1.165) is 36.1 Å². The number of nitrogens with zero attached hydrogens (tertiary/aromatic N) is 1. The highest BCUT2D eigenvalue weighted by molar-refractivity contribution is 6.33. The van der Waals surface area contributed by atoms with Crippen LogP contribution >= 0.6 is 11.6 Å². The number of para-hydroxylation sites is 1. The number of halogens is 1. The molecule has 0 aliphatic carbocycles. The summed E-state index contributed by atoms with van der Waals surface area (Å²) in [5, 5.41) is 3.42. The molecule has 0 spiro atoms. The number of anilines is 1. The Balaban J connectivity index is 2.31. The van der Waals surface area contributed by atoms with Gasteiger partial charge in [0.2, 0.25) is 0 Å². The topological polar surface area (TPSA) is 51.2 Å². The van der Waals surface area contributed by atoms with Crippen molar-refractivity contribution in [1.29, 1.82) is 0 Å². The highest BCUT2D eigenvalue weighted by atomic mass is 35.5. The Bertz CT molecular complexity index is 798. The maximum atomic E-state index is 13.1. The molecule has 0 fully saturated rings. The molecule has 0 atom stereocenters. The van der Waals surface area contributed by atoms with Gasteiger partial charge in [0.1, 0.15) is 10.6 Å². The number of aryl methyl sites for hydroxylation is 4. The minimum absolute atomic E-state index is 0.247. The molecule has 2 rings (SSSR count). The standard InChI is InChI=1S/C22H29ClN2O2/c1-6-7-8-9-13-27-21-18(16(4)24-17(5)19(21)23)22(26)25-20-14(2)11-10-12-15(20)3/h10-12H,6-9,13H2,1-5H3,(H,25,26). The zero-order chi connectivity index (χ0) is 20.0. The second-order valence-corrected chi connectivity index (χ2v) is 7.31. The summed E-state index contributed by atoms with van der Waals surface area (Å²) in [5.41, 5.74) is 4.52. The van der Waals surface area contributed by atoms with Gasteiger partial charge in [-0.25, -0.2) is 0 Å². The number of unbranched alkanes of at least 4 members (excludes halogenated alkanes) is 3. The smallest absolute Gasteiger partial charge is 0.261 e. The Morgan fingerprint density at radius 1 is 1.07 bits per heavy atom. The summed E-state index contributed by atoms with van der Waals surface area (Å²) in [5.74, 6) is 0.185. The van der Waals surface area contributed by atoms with Crippen molar-refractivity contribution in [2.75, 3.05) is 11.9 Å². The maximum absolute atomic E-state index is 13.1. The largest absolute Gasteiger partial charge is 0.491 e. The summed E-state index contributed by atoms with van der Waals surface area (Å²) in [4.78, 5) is 17.5. The number of rotatable bonds is 8. The normalized spacial score (nSPS) is 10.7. The van der Waals surface area contributed by atoms with Crippen LogP contribution in [0.2, 0.25) is 5.02 Å². The average molecular weight is 389 g/mol. The molecule has 1 heterocycles. The van der Waals surface area contributed by atoms with Crippen LogP contribution in [-0.4, -0.2) is 17.5 Å². The van der Waals surface area contributed by atoms with Crippen molar-refractivity contribution in [2.45, 2.75) is 60.3 Å². The molecule has 5 heteroatoms. The first kappa shape index (κ1) is 21.2. The zero-order valence-corrected chi connectivity index (χ0v) is 17.7. The number of hydrogen-bond donors (Lipinski definition) is 1. The van der Waals surface area contributed by atoms with Crippen LogP contribution in [0.5, 0.6) is 5.75 Å². The van der Waals surface area contributed by atoms with Crippen molar-refractivity contribution in [3.05, 3.63) is 51.3 Å². The second-order valence-electron chi connectivity index (χ2n) is 6.93. The number of amides is 1. The molecule has 4 nitrogen and oxygen atoms in total. The fraction of sp³-hybridized carbons (Fsp3) is 0.455. The van der Waals surface area contributed by atoms with Gasteiger partial charge < -0.3 is 10.1 Å². The van der Waals surface area contributed by atoms with E-state index < -0.39 is 0 Å². The highest BCUT2D eigenvalue weighted by Gasteiger charge is 2.23. The average Bonchev–Trinajstić information content (AvgIpc) is 2.62. The zero-order valence-electron chi connectivity index (χ0n) is 16.9. The van der Waals surface area contributed by atoms with Crippen molar-refractivity contribution >= 4 is 23.2 Å². The Labute approximate surface area is 167 Å². The van der Waals surface area contributed by atoms with Crippen LogP contribution in [0, 0.1) is 27.7 Å². The number of hydrogen-bond acceptors (Lipinski definition) is 3. The number of nitrogens with one attached hydrogen (secondary N) is 1. The molecule has 0 saturated carbocycles. The van der Waals surface area contributed by atoms with E-state index in [1.54, 1.807) is 0 Å². The SMILES string of the molecule is CCCCCCOc1c(Cl)c(C)nc(C)c1C(=O)Nc1c(C)cccc1C. The van der Waals surface area contributed by atoms with E-state index in [9.17, 15) is 4.79 Å². The third-order valence-corrected chi connectivity index (χ3v) is 5.08. The molecular formula is C22H29ClN2O2. The lowest BCUT2D eigenvalue weighted by Crippen LogP contribution is -2.18. The van der Waals surface area contributed by atoms with Crippen LogP contribution < -0.4 is 10.1 Å². The lowest BCUT2D eigenvalue weighted by Gasteiger charge is -2.18. The number of carbonyl (C=O) groups is 1. The van der Waals surface area contributed by atoms with Crippen molar-refractivity contribution < 1.29 is 9.53 Å². The molecule has 146 valence electrons. The molecule has 0 aliphatic heterocycles. The van der Waals surface area contributed by atoms with Gasteiger partial charge in [-0.3, -0.25) is 9.78 Å². The number of pyridine rings is 1. The summed E-state index contributed by atoms with van der Waals surface area (Å²) in [6.45, 7) is 10.3. The van der Waals surface area contributed by atoms with Crippen LogP contribution in [0.15, 0.2) is 18.2 Å². The molecule has 2 aromatic rings. The molecule has 0 aliphatic rings. The van der Waals surface area contributed by atoms with Gasteiger partial charge in [-0.05, 0) is 45.2 Å². The summed E-state index contributed by atoms with van der Waals surface area (Å²) in [6, 6.07) is 5.92. The van der Waals surface area contributed by atoms with Crippen LogP contribution in [0.4, 0.5) is 5.69 Å². The van der Waals surface area contributed by atoms with Gasteiger partial charge in [0, 0.05) is 5.69 Å². The molecule has 1 aromatic carbocycles. The van der Waals surface area contributed by atoms with Gasteiger partial charge in [-0.2, -0.15) is 0 Å². The van der Waals surface area contributed by atoms with Crippen molar-refractivity contribution in [1.82, 2.24) is 4.98 Å². The Morgan fingerprint density at radius 3 is 2.37 bits per heavy atom. The minimum atomic E-state index is -0.247. The van der Waals surface area contributed by atoms with E-state index in [2.05, 4.69) is 17.2 Å². The van der Waals surface area contributed by atoms with E-state index >= 15 is 0 Å². The molecule has 0 unspecified atom stereocenters. The van der Waals surface area contributed by atoms with Crippen LogP contribution in [0.3, 0.4) is 0 Å². The fourth-order valence-corrected chi connectivity index (χ4v) is 3.28. The second kappa shape index (κ2) is 9.75. The van der Waals surface area contributed by atoms with E-state index in [1.165, 1.54) is 6.42 Å². The fourth-order valence-electron chi connectivity index (χ4n) is 3.09. The summed E-state index contributed by atoms with van der Waals surface area (Å²) in [6.07, 6.45) is 4.37. The van der Waals surface area contributed by atoms with Crippen molar-refractivity contribution in [3.8, 4) is 5.75 Å². The minimum Gasteiger partial charge on any atom is -0.491 e. The molecule has 27 heavy (non-hydrogen) atoms. The third kappa shape index (κ3) is 5.23. The summed E-state index contributed by atoms with van der Waals surface area (Å²) < 4.78 is 5.96. The van der Waals surface area contributed by atoms with Gasteiger partial charge in [0.25, 0.3) is 5.91 Å². The predicted molar refractivity (Wildman–Crippen MR) is 112 cm³/mol. The van der Waals surface area contributed by atoms with Crippen molar-refractivity contribution in [2.24, 2.45) is 0 Å². The number of benzene rings is 1. The quantitative estimate of drug-likeness (QED) is 0.549. The van der Waals surface area contributed by atoms with Gasteiger partial charge in [0.05, 0.1) is 18.0 Å². The first-order valence-electron chi connectivity index (χ1n) is 9.53. The summed E-state index contributed by atoms with van der Waals surface area (Å²) >= 11 is 6.45. The maximum Gasteiger partial charge on any atom is 0.261 e. The third-order valence-electron chi connectivity index (χ3n) is 4.63. The van der Waals surface area contributed by atoms with Gasteiger partial charge in [-0.1, -0.05) is 56.0 Å². The van der Waals surface area contributed by atoms with Gasteiger partial charge in [-0.15, -0.1) is 0 Å². The first-order chi connectivity index (χ1) is 12.9. The Kier molecular flexibility index (Phi) is 7.66. The first-order valence-corrected chi connectivity index (χ1v) is 9.91. The van der Waals surface area contributed by atoms with Gasteiger partial charge in [0.15, 0.2) is 5.75 Å². The molecule has 0 bridgehead atoms. The van der Waals surface area contributed by atoms with Crippen molar-refractivity contribution in [3.63, 3.8) is 0 Å². The lowest BCUT2D eigenvalue weighted by molar-refractivity contribution is 0.102. The number of aromatic nitrogens is 1. The number of carbonyl (C=O) groups excluding carboxylic acids is 1.